The highest BCUT2D eigenvalue weighted by atomic mass is 35.5. The van der Waals surface area contributed by atoms with Crippen LogP contribution in [0.15, 0.2) is 24.5 Å². The first-order valence-electron chi connectivity index (χ1n) is 6.13. The summed E-state index contributed by atoms with van der Waals surface area (Å²) in [5.41, 5.74) is 2.36. The van der Waals surface area contributed by atoms with E-state index in [-0.39, 0.29) is 5.82 Å². The topological polar surface area (TPSA) is 37.8 Å². The van der Waals surface area contributed by atoms with Crippen LogP contribution in [-0.2, 0) is 6.42 Å². The van der Waals surface area contributed by atoms with Gasteiger partial charge in [0, 0.05) is 11.3 Å². The molecule has 1 aromatic carbocycles. The number of aryl methyl sites for hydroxylation is 1. The van der Waals surface area contributed by atoms with Crippen molar-refractivity contribution in [2.24, 2.45) is 0 Å². The summed E-state index contributed by atoms with van der Waals surface area (Å²) in [5.74, 6) is 0.353. The van der Waals surface area contributed by atoms with E-state index < -0.39 is 0 Å². The molecular weight excluding hydrogens is 265 g/mol. The lowest BCUT2D eigenvalue weighted by atomic mass is 10.1. The summed E-state index contributed by atoms with van der Waals surface area (Å²) in [7, 11) is 0. The highest BCUT2D eigenvalue weighted by Crippen LogP contribution is 2.25. The van der Waals surface area contributed by atoms with Crippen LogP contribution in [0.1, 0.15) is 24.5 Å². The van der Waals surface area contributed by atoms with Crippen LogP contribution >= 0.6 is 11.6 Å². The van der Waals surface area contributed by atoms with Gasteiger partial charge in [0.25, 0.3) is 0 Å². The number of nitrogens with one attached hydrogen (secondary N) is 1. The molecule has 1 N–H and O–H groups in total. The van der Waals surface area contributed by atoms with Gasteiger partial charge in [-0.15, -0.1) is 0 Å². The van der Waals surface area contributed by atoms with Gasteiger partial charge in [0.2, 0.25) is 0 Å². The van der Waals surface area contributed by atoms with Gasteiger partial charge in [-0.25, -0.2) is 14.4 Å². The predicted octanol–water partition coefficient (Wildman–Crippen LogP) is 4.27. The molecule has 0 saturated carbocycles. The van der Waals surface area contributed by atoms with Crippen molar-refractivity contribution in [2.75, 3.05) is 5.32 Å². The number of hydrogen-bond donors (Lipinski definition) is 1. The highest BCUT2D eigenvalue weighted by molar-refractivity contribution is 6.30. The first kappa shape index (κ1) is 13.7. The molecule has 0 atom stereocenters. The van der Waals surface area contributed by atoms with Crippen molar-refractivity contribution >= 4 is 23.1 Å². The summed E-state index contributed by atoms with van der Waals surface area (Å²) in [4.78, 5) is 8.16. The Morgan fingerprint density at radius 1 is 1.26 bits per heavy atom. The molecule has 3 nitrogen and oxygen atoms in total. The molecule has 0 aliphatic rings. The first-order chi connectivity index (χ1) is 9.10. The smallest absolute Gasteiger partial charge is 0.138 e. The maximum atomic E-state index is 13.4. The van der Waals surface area contributed by atoms with Gasteiger partial charge in [-0.2, -0.15) is 0 Å². The van der Waals surface area contributed by atoms with Gasteiger partial charge in [-0.05, 0) is 37.1 Å². The molecule has 0 fully saturated rings. The van der Waals surface area contributed by atoms with E-state index in [1.165, 1.54) is 18.5 Å². The standard InChI is InChI=1S/C14H15ClFN3/c1-3-4-12-13(15)17-8-18-14(12)19-11-6-9(2)5-10(16)7-11/h5-8H,3-4H2,1-2H3,(H,17,18,19). The van der Waals surface area contributed by atoms with Crippen LogP contribution < -0.4 is 5.32 Å². The lowest BCUT2D eigenvalue weighted by Crippen LogP contribution is -2.02. The van der Waals surface area contributed by atoms with E-state index in [2.05, 4.69) is 22.2 Å². The van der Waals surface area contributed by atoms with Gasteiger partial charge in [-0.1, -0.05) is 24.9 Å². The number of aromatic nitrogens is 2. The molecule has 0 saturated heterocycles. The fourth-order valence-electron chi connectivity index (χ4n) is 1.92. The van der Waals surface area contributed by atoms with Crippen LogP contribution in [-0.4, -0.2) is 9.97 Å². The number of rotatable bonds is 4. The van der Waals surface area contributed by atoms with Crippen LogP contribution in [0.3, 0.4) is 0 Å². The molecule has 0 spiro atoms. The van der Waals surface area contributed by atoms with Gasteiger partial charge in [-0.3, -0.25) is 0 Å². The fourth-order valence-corrected chi connectivity index (χ4v) is 2.14. The molecule has 0 amide bonds. The third-order valence-electron chi connectivity index (χ3n) is 2.70. The third-order valence-corrected chi connectivity index (χ3v) is 3.02. The monoisotopic (exact) mass is 279 g/mol. The largest absolute Gasteiger partial charge is 0.340 e. The number of hydrogen-bond acceptors (Lipinski definition) is 3. The van der Waals surface area contributed by atoms with E-state index in [9.17, 15) is 4.39 Å². The van der Waals surface area contributed by atoms with Gasteiger partial charge in [0.15, 0.2) is 0 Å². The second-order valence-electron chi connectivity index (χ2n) is 4.38. The summed E-state index contributed by atoms with van der Waals surface area (Å²) in [6.07, 6.45) is 3.11. The Kier molecular flexibility index (Phi) is 4.32. The molecule has 1 aromatic heterocycles. The third kappa shape index (κ3) is 3.41. The van der Waals surface area contributed by atoms with Crippen molar-refractivity contribution in [3.8, 4) is 0 Å². The van der Waals surface area contributed by atoms with Gasteiger partial charge in [0.05, 0.1) is 0 Å². The number of benzene rings is 1. The van der Waals surface area contributed by atoms with E-state index in [0.717, 1.165) is 24.0 Å². The zero-order valence-electron chi connectivity index (χ0n) is 10.9. The van der Waals surface area contributed by atoms with E-state index in [4.69, 9.17) is 11.6 Å². The summed E-state index contributed by atoms with van der Waals surface area (Å²) in [6, 6.07) is 4.76. The van der Waals surface area contributed by atoms with Crippen molar-refractivity contribution in [1.82, 2.24) is 9.97 Å². The number of anilines is 2. The second kappa shape index (κ2) is 5.97. The van der Waals surface area contributed by atoms with Crippen molar-refractivity contribution < 1.29 is 4.39 Å². The summed E-state index contributed by atoms with van der Waals surface area (Å²) in [5, 5.41) is 3.54. The normalized spacial score (nSPS) is 10.5. The van der Waals surface area contributed by atoms with Crippen molar-refractivity contribution in [3.63, 3.8) is 0 Å². The molecule has 0 aliphatic carbocycles. The fraction of sp³-hybridized carbons (Fsp3) is 0.286. The lowest BCUT2D eigenvalue weighted by Gasteiger charge is -2.11. The average molecular weight is 280 g/mol. The molecule has 0 aliphatic heterocycles. The number of halogens is 2. The number of nitrogens with zero attached hydrogens (tertiary/aromatic N) is 2. The SMILES string of the molecule is CCCc1c(Cl)ncnc1Nc1cc(C)cc(F)c1. The molecule has 2 rings (SSSR count). The minimum absolute atomic E-state index is 0.278. The average Bonchev–Trinajstić information content (AvgIpc) is 2.32. The van der Waals surface area contributed by atoms with Crippen LogP contribution in [0.25, 0.3) is 0 Å². The molecular formula is C14H15ClFN3. The minimum Gasteiger partial charge on any atom is -0.340 e. The molecule has 19 heavy (non-hydrogen) atoms. The highest BCUT2D eigenvalue weighted by Gasteiger charge is 2.09. The molecule has 0 radical (unpaired) electrons. The Labute approximate surface area is 116 Å². The predicted molar refractivity (Wildman–Crippen MR) is 75.5 cm³/mol. The van der Waals surface area contributed by atoms with E-state index in [1.54, 1.807) is 0 Å². The van der Waals surface area contributed by atoms with E-state index >= 15 is 0 Å². The van der Waals surface area contributed by atoms with Crippen LogP contribution in [0, 0.1) is 12.7 Å². The molecule has 0 bridgehead atoms. The van der Waals surface area contributed by atoms with Crippen LogP contribution in [0.5, 0.6) is 0 Å². The van der Waals surface area contributed by atoms with Crippen LogP contribution in [0.2, 0.25) is 5.15 Å². The maximum Gasteiger partial charge on any atom is 0.138 e. The van der Waals surface area contributed by atoms with Crippen molar-refractivity contribution in [3.05, 3.63) is 46.6 Å². The van der Waals surface area contributed by atoms with Crippen molar-refractivity contribution in [1.29, 1.82) is 0 Å². The Morgan fingerprint density at radius 3 is 2.74 bits per heavy atom. The summed E-state index contributed by atoms with van der Waals surface area (Å²) in [6.45, 7) is 3.90. The quantitative estimate of drug-likeness (QED) is 0.849. The van der Waals surface area contributed by atoms with Gasteiger partial charge >= 0.3 is 0 Å². The molecule has 100 valence electrons. The Balaban J connectivity index is 2.34. The zero-order valence-corrected chi connectivity index (χ0v) is 11.6. The van der Waals surface area contributed by atoms with Crippen molar-refractivity contribution in [2.45, 2.75) is 26.7 Å². The molecule has 1 heterocycles. The van der Waals surface area contributed by atoms with E-state index in [0.29, 0.717) is 16.7 Å². The second-order valence-corrected chi connectivity index (χ2v) is 4.74. The van der Waals surface area contributed by atoms with E-state index in [1.807, 2.05) is 13.0 Å². The van der Waals surface area contributed by atoms with Crippen LogP contribution in [0.4, 0.5) is 15.9 Å². The summed E-state index contributed by atoms with van der Waals surface area (Å²) < 4.78 is 13.4. The molecule has 2 aromatic rings. The Hall–Kier alpha value is -1.68. The molecule has 0 unspecified atom stereocenters. The zero-order chi connectivity index (χ0) is 13.8. The summed E-state index contributed by atoms with van der Waals surface area (Å²) >= 11 is 6.07. The first-order valence-corrected chi connectivity index (χ1v) is 6.51. The Bertz CT molecular complexity index is 567. The van der Waals surface area contributed by atoms with Gasteiger partial charge < -0.3 is 5.32 Å². The van der Waals surface area contributed by atoms with Gasteiger partial charge in [0.1, 0.15) is 23.1 Å². The Morgan fingerprint density at radius 2 is 2.05 bits per heavy atom. The minimum atomic E-state index is -0.278. The lowest BCUT2D eigenvalue weighted by molar-refractivity contribution is 0.627. The molecule has 5 heteroatoms. The maximum absolute atomic E-state index is 13.4.